The molecule has 90 valence electrons. The summed E-state index contributed by atoms with van der Waals surface area (Å²) in [6, 6.07) is 0. The minimum Gasteiger partial charge on any atom is -0.346 e. The summed E-state index contributed by atoms with van der Waals surface area (Å²) in [5.74, 6) is -0.0590. The Morgan fingerprint density at radius 3 is 2.56 bits per heavy atom. The fourth-order valence-corrected chi connectivity index (χ4v) is 2.43. The molecule has 1 aromatic heterocycles. The van der Waals surface area contributed by atoms with Crippen LogP contribution >= 0.6 is 15.9 Å². The van der Waals surface area contributed by atoms with Gasteiger partial charge in [0, 0.05) is 24.1 Å². The van der Waals surface area contributed by atoms with Crippen LogP contribution in [-0.2, 0) is 7.05 Å². The maximum absolute atomic E-state index is 12.0. The highest BCUT2D eigenvalue weighted by molar-refractivity contribution is 9.09. The van der Waals surface area contributed by atoms with Crippen molar-refractivity contribution in [1.29, 1.82) is 0 Å². The zero-order valence-corrected chi connectivity index (χ0v) is 11.5. The fraction of sp³-hybridized carbons (Fsp3) is 0.636. The highest BCUT2D eigenvalue weighted by Crippen LogP contribution is 2.18. The zero-order chi connectivity index (χ0) is 12.2. The van der Waals surface area contributed by atoms with Crippen LogP contribution < -0.4 is 5.32 Å². The standard InChI is InChI=1S/C11H18BrN3O/c1-4-11(5-2,8-12)14-10(16)9-6-13-15(3)7-9/h6-7H,4-5,8H2,1-3H3,(H,14,16). The van der Waals surface area contributed by atoms with E-state index in [9.17, 15) is 4.79 Å². The number of nitrogens with zero attached hydrogens (tertiary/aromatic N) is 2. The van der Waals surface area contributed by atoms with Gasteiger partial charge >= 0.3 is 0 Å². The van der Waals surface area contributed by atoms with Crippen molar-refractivity contribution in [2.45, 2.75) is 32.2 Å². The molecule has 1 N–H and O–H groups in total. The van der Waals surface area contributed by atoms with Gasteiger partial charge in [0.2, 0.25) is 0 Å². The third-order valence-electron chi connectivity index (χ3n) is 2.96. The number of hydrogen-bond donors (Lipinski definition) is 1. The first-order chi connectivity index (χ1) is 7.56. The predicted octanol–water partition coefficient (Wildman–Crippen LogP) is 2.10. The molecule has 0 atom stereocenters. The first-order valence-electron chi connectivity index (χ1n) is 5.44. The third kappa shape index (κ3) is 2.84. The van der Waals surface area contributed by atoms with Crippen molar-refractivity contribution in [2.24, 2.45) is 7.05 Å². The molecule has 1 heterocycles. The monoisotopic (exact) mass is 287 g/mol. The van der Waals surface area contributed by atoms with Crippen LogP contribution in [0.1, 0.15) is 37.0 Å². The third-order valence-corrected chi connectivity index (χ3v) is 4.03. The molecular formula is C11H18BrN3O. The minimum atomic E-state index is -0.160. The Balaban J connectivity index is 2.76. The van der Waals surface area contributed by atoms with Gasteiger partial charge in [0.1, 0.15) is 0 Å². The average molecular weight is 288 g/mol. The van der Waals surface area contributed by atoms with Crippen molar-refractivity contribution in [3.63, 3.8) is 0 Å². The first-order valence-corrected chi connectivity index (χ1v) is 6.56. The van der Waals surface area contributed by atoms with Crippen LogP contribution in [0.5, 0.6) is 0 Å². The van der Waals surface area contributed by atoms with E-state index in [-0.39, 0.29) is 11.4 Å². The number of alkyl halides is 1. The Labute approximate surface area is 105 Å². The van der Waals surface area contributed by atoms with Gasteiger partial charge in [0.15, 0.2) is 0 Å². The van der Waals surface area contributed by atoms with Gasteiger partial charge in [-0.05, 0) is 12.8 Å². The number of amides is 1. The van der Waals surface area contributed by atoms with Crippen molar-refractivity contribution in [1.82, 2.24) is 15.1 Å². The zero-order valence-electron chi connectivity index (χ0n) is 9.96. The summed E-state index contributed by atoms with van der Waals surface area (Å²) in [4.78, 5) is 12.0. The van der Waals surface area contributed by atoms with Crippen molar-refractivity contribution in [3.05, 3.63) is 18.0 Å². The Morgan fingerprint density at radius 1 is 1.56 bits per heavy atom. The van der Waals surface area contributed by atoms with E-state index in [1.165, 1.54) is 0 Å². The fourth-order valence-electron chi connectivity index (χ4n) is 1.50. The van der Waals surface area contributed by atoms with Gasteiger partial charge in [-0.2, -0.15) is 5.10 Å². The molecule has 0 saturated heterocycles. The average Bonchev–Trinajstić information content (AvgIpc) is 2.73. The molecule has 0 aliphatic carbocycles. The summed E-state index contributed by atoms with van der Waals surface area (Å²) in [6.07, 6.45) is 5.11. The van der Waals surface area contributed by atoms with E-state index < -0.39 is 0 Å². The molecule has 0 saturated carbocycles. The molecule has 1 amide bonds. The second kappa shape index (κ2) is 5.48. The molecule has 1 rings (SSSR count). The van der Waals surface area contributed by atoms with Crippen LogP contribution in [0.15, 0.2) is 12.4 Å². The van der Waals surface area contributed by atoms with Gasteiger partial charge in [-0.25, -0.2) is 0 Å². The van der Waals surface area contributed by atoms with E-state index in [0.29, 0.717) is 5.56 Å². The van der Waals surface area contributed by atoms with Gasteiger partial charge in [0.25, 0.3) is 5.91 Å². The second-order valence-corrected chi connectivity index (χ2v) is 4.54. The Bertz CT molecular complexity index is 350. The van der Waals surface area contributed by atoms with Crippen molar-refractivity contribution in [3.8, 4) is 0 Å². The number of nitrogens with one attached hydrogen (secondary N) is 1. The van der Waals surface area contributed by atoms with Crippen LogP contribution in [0, 0.1) is 0 Å². The molecule has 0 bridgehead atoms. The summed E-state index contributed by atoms with van der Waals surface area (Å²) in [6.45, 7) is 4.16. The number of carbonyl (C=O) groups excluding carboxylic acids is 1. The molecule has 0 unspecified atom stereocenters. The lowest BCUT2D eigenvalue weighted by Gasteiger charge is -2.30. The van der Waals surface area contributed by atoms with E-state index >= 15 is 0 Å². The Morgan fingerprint density at radius 2 is 2.19 bits per heavy atom. The van der Waals surface area contributed by atoms with Crippen molar-refractivity contribution >= 4 is 21.8 Å². The van der Waals surface area contributed by atoms with Gasteiger partial charge in [-0.1, -0.05) is 29.8 Å². The predicted molar refractivity (Wildman–Crippen MR) is 67.8 cm³/mol. The second-order valence-electron chi connectivity index (χ2n) is 3.98. The maximum atomic E-state index is 12.0. The maximum Gasteiger partial charge on any atom is 0.254 e. The number of hydrogen-bond acceptors (Lipinski definition) is 2. The van der Waals surface area contributed by atoms with Crippen molar-refractivity contribution in [2.75, 3.05) is 5.33 Å². The molecule has 0 aliphatic heterocycles. The van der Waals surface area contributed by atoms with Gasteiger partial charge in [-0.15, -0.1) is 0 Å². The smallest absolute Gasteiger partial charge is 0.254 e. The topological polar surface area (TPSA) is 46.9 Å². The molecule has 0 spiro atoms. The van der Waals surface area contributed by atoms with Crippen LogP contribution in [0.4, 0.5) is 0 Å². The van der Waals surface area contributed by atoms with Gasteiger partial charge in [0.05, 0.1) is 11.8 Å². The lowest BCUT2D eigenvalue weighted by atomic mass is 9.95. The summed E-state index contributed by atoms with van der Waals surface area (Å²) in [7, 11) is 1.80. The molecule has 0 aliphatic rings. The van der Waals surface area contributed by atoms with E-state index in [1.807, 2.05) is 0 Å². The van der Waals surface area contributed by atoms with Crippen LogP contribution in [0.25, 0.3) is 0 Å². The largest absolute Gasteiger partial charge is 0.346 e. The van der Waals surface area contributed by atoms with E-state index in [1.54, 1.807) is 24.1 Å². The normalized spacial score (nSPS) is 11.5. The van der Waals surface area contributed by atoms with E-state index in [4.69, 9.17) is 0 Å². The number of aryl methyl sites for hydroxylation is 1. The number of halogens is 1. The minimum absolute atomic E-state index is 0.0590. The molecule has 0 aromatic carbocycles. The molecule has 4 nitrogen and oxygen atoms in total. The molecule has 0 radical (unpaired) electrons. The lowest BCUT2D eigenvalue weighted by Crippen LogP contribution is -2.49. The molecule has 1 aromatic rings. The highest BCUT2D eigenvalue weighted by Gasteiger charge is 2.27. The molecule has 0 fully saturated rings. The Kier molecular flexibility index (Phi) is 4.53. The first kappa shape index (κ1) is 13.2. The number of carbonyl (C=O) groups is 1. The van der Waals surface area contributed by atoms with Crippen LogP contribution in [0.3, 0.4) is 0 Å². The summed E-state index contributed by atoms with van der Waals surface area (Å²) < 4.78 is 1.63. The summed E-state index contributed by atoms with van der Waals surface area (Å²) >= 11 is 3.46. The lowest BCUT2D eigenvalue weighted by molar-refractivity contribution is 0.0903. The van der Waals surface area contributed by atoms with Gasteiger partial charge in [-0.3, -0.25) is 9.48 Å². The van der Waals surface area contributed by atoms with Crippen molar-refractivity contribution < 1.29 is 4.79 Å². The van der Waals surface area contributed by atoms with E-state index in [0.717, 1.165) is 18.2 Å². The highest BCUT2D eigenvalue weighted by atomic mass is 79.9. The summed E-state index contributed by atoms with van der Waals surface area (Å²) in [5.41, 5.74) is 0.446. The molecule has 16 heavy (non-hydrogen) atoms. The number of rotatable bonds is 5. The summed E-state index contributed by atoms with van der Waals surface area (Å²) in [5, 5.41) is 7.82. The Hall–Kier alpha value is -0.840. The number of aromatic nitrogens is 2. The molecule has 5 heteroatoms. The van der Waals surface area contributed by atoms with Crippen LogP contribution in [-0.4, -0.2) is 26.6 Å². The van der Waals surface area contributed by atoms with Gasteiger partial charge < -0.3 is 5.32 Å². The molecular weight excluding hydrogens is 270 g/mol. The van der Waals surface area contributed by atoms with Crippen LogP contribution in [0.2, 0.25) is 0 Å². The van der Waals surface area contributed by atoms with E-state index in [2.05, 4.69) is 40.2 Å². The quantitative estimate of drug-likeness (QED) is 0.843. The SMILES string of the molecule is CCC(CC)(CBr)NC(=O)c1cnn(C)c1.